The van der Waals surface area contributed by atoms with Crippen LogP contribution in [0.2, 0.25) is 0 Å². The van der Waals surface area contributed by atoms with Gasteiger partial charge in [-0.2, -0.15) is 10.4 Å². The van der Waals surface area contributed by atoms with Crippen LogP contribution in [0.25, 0.3) is 11.4 Å². The van der Waals surface area contributed by atoms with E-state index in [4.69, 9.17) is 22.6 Å². The number of hydrogen-bond donors (Lipinski definition) is 0. The molecular weight excluding hydrogens is 356 g/mol. The van der Waals surface area contributed by atoms with Crippen LogP contribution in [0.4, 0.5) is 0 Å². The van der Waals surface area contributed by atoms with Crippen molar-refractivity contribution >= 4 is 12.2 Å². The normalized spacial score (nSPS) is 13.7. The zero-order valence-electron chi connectivity index (χ0n) is 15.1. The van der Waals surface area contributed by atoms with Crippen molar-refractivity contribution < 1.29 is 0 Å². The van der Waals surface area contributed by atoms with Crippen LogP contribution in [0.15, 0.2) is 48.8 Å². The molecule has 3 aromatic rings. The minimum absolute atomic E-state index is 0.451. The quantitative estimate of drug-likeness (QED) is 0.613. The number of pyridine rings is 1. The summed E-state index contributed by atoms with van der Waals surface area (Å²) in [6.07, 6.45) is 5.86. The maximum absolute atomic E-state index is 9.07. The van der Waals surface area contributed by atoms with Crippen molar-refractivity contribution in [1.29, 1.82) is 5.26 Å². The third-order valence-corrected chi connectivity index (χ3v) is 5.01. The van der Waals surface area contributed by atoms with Crippen LogP contribution in [0.5, 0.6) is 0 Å². The summed E-state index contributed by atoms with van der Waals surface area (Å²) in [5.41, 5.74) is 2.81. The minimum atomic E-state index is 0.451. The molecule has 2 aromatic heterocycles. The van der Waals surface area contributed by atoms with E-state index < -0.39 is 0 Å². The monoisotopic (exact) mass is 376 g/mol. The highest BCUT2D eigenvalue weighted by Crippen LogP contribution is 2.38. The Hall–Kier alpha value is -2.82. The van der Waals surface area contributed by atoms with E-state index in [1.165, 1.54) is 0 Å². The van der Waals surface area contributed by atoms with E-state index in [2.05, 4.69) is 20.5 Å². The van der Waals surface area contributed by atoms with Crippen LogP contribution in [0.3, 0.4) is 0 Å². The van der Waals surface area contributed by atoms with E-state index in [1.807, 2.05) is 48.1 Å². The van der Waals surface area contributed by atoms with Gasteiger partial charge in [-0.3, -0.25) is 14.5 Å². The Morgan fingerprint density at radius 3 is 2.74 bits per heavy atom. The zero-order valence-corrected chi connectivity index (χ0v) is 15.9. The molecule has 4 rings (SSSR count). The van der Waals surface area contributed by atoms with Crippen LogP contribution < -0.4 is 0 Å². The Morgan fingerprint density at radius 1 is 1.26 bits per heavy atom. The predicted molar refractivity (Wildman–Crippen MR) is 105 cm³/mol. The molecule has 1 aromatic carbocycles. The lowest BCUT2D eigenvalue weighted by Crippen LogP contribution is -2.22. The molecule has 0 atom stereocenters. The molecule has 1 fully saturated rings. The second-order valence-corrected chi connectivity index (χ2v) is 7.28. The van der Waals surface area contributed by atoms with Crippen molar-refractivity contribution in [3.05, 3.63) is 64.7 Å². The maximum atomic E-state index is 9.07. The fraction of sp³-hybridized carbons (Fsp3) is 0.300. The molecule has 0 N–H and O–H groups in total. The lowest BCUT2D eigenvalue weighted by molar-refractivity contribution is 0.244. The van der Waals surface area contributed by atoms with E-state index in [9.17, 15) is 0 Å². The molecule has 27 heavy (non-hydrogen) atoms. The Balaban J connectivity index is 1.59. The number of hydrogen-bond acceptors (Lipinski definition) is 5. The molecular formula is C20H20N6S. The summed E-state index contributed by atoms with van der Waals surface area (Å²) in [5, 5.41) is 13.9. The first-order valence-corrected chi connectivity index (χ1v) is 9.34. The average molecular weight is 376 g/mol. The first-order chi connectivity index (χ1) is 13.2. The third kappa shape index (κ3) is 3.82. The topological polar surface area (TPSA) is 62.7 Å². The molecule has 136 valence electrons. The van der Waals surface area contributed by atoms with Gasteiger partial charge in [0.05, 0.1) is 18.3 Å². The largest absolute Gasteiger partial charge is 0.297 e. The molecule has 2 heterocycles. The van der Waals surface area contributed by atoms with E-state index in [1.54, 1.807) is 12.4 Å². The molecule has 1 aliphatic rings. The van der Waals surface area contributed by atoms with Crippen LogP contribution in [0, 0.1) is 16.1 Å². The molecule has 0 spiro atoms. The fourth-order valence-electron chi connectivity index (χ4n) is 3.20. The summed E-state index contributed by atoms with van der Waals surface area (Å²) < 4.78 is 4.81. The van der Waals surface area contributed by atoms with Crippen LogP contribution in [0.1, 0.15) is 30.0 Å². The number of nitrogens with zero attached hydrogens (tertiary/aromatic N) is 6. The zero-order chi connectivity index (χ0) is 18.8. The molecule has 0 bridgehead atoms. The van der Waals surface area contributed by atoms with Gasteiger partial charge in [-0.25, -0.2) is 4.68 Å². The van der Waals surface area contributed by atoms with Crippen molar-refractivity contribution in [3.63, 3.8) is 0 Å². The van der Waals surface area contributed by atoms with Gasteiger partial charge in [-0.05, 0) is 61.9 Å². The van der Waals surface area contributed by atoms with Gasteiger partial charge in [-0.1, -0.05) is 12.1 Å². The molecule has 1 saturated carbocycles. The van der Waals surface area contributed by atoms with Gasteiger partial charge in [0.15, 0.2) is 10.6 Å². The molecule has 0 unspecified atom stereocenters. The van der Waals surface area contributed by atoms with Crippen LogP contribution in [-0.2, 0) is 13.2 Å². The maximum Gasteiger partial charge on any atom is 0.199 e. The Kier molecular flexibility index (Phi) is 4.84. The fourth-order valence-corrected chi connectivity index (χ4v) is 3.54. The summed E-state index contributed by atoms with van der Waals surface area (Å²) >= 11 is 5.73. The summed E-state index contributed by atoms with van der Waals surface area (Å²) in [6, 6.07) is 14.3. The van der Waals surface area contributed by atoms with Gasteiger partial charge in [0.25, 0.3) is 0 Å². The number of nitriles is 1. The Bertz CT molecular complexity index is 1040. The predicted octanol–water partition coefficient (Wildman–Crippen LogP) is 3.77. The standard InChI is InChI=1S/C20H20N6S/c1-24(13-16-4-2-3-15(11-16)12-21)14-25-20(27)26(18-5-6-18)19(23-25)17-7-9-22-10-8-17/h2-4,7-11,18H,5-6,13-14H2,1H3. The Morgan fingerprint density at radius 2 is 2.04 bits per heavy atom. The molecule has 6 nitrogen and oxygen atoms in total. The summed E-state index contributed by atoms with van der Waals surface area (Å²) in [4.78, 5) is 6.24. The van der Waals surface area contributed by atoms with Crippen molar-refractivity contribution in [2.45, 2.75) is 32.1 Å². The lowest BCUT2D eigenvalue weighted by atomic mass is 10.1. The van der Waals surface area contributed by atoms with Gasteiger partial charge in [0.1, 0.15) is 0 Å². The van der Waals surface area contributed by atoms with Crippen molar-refractivity contribution in [1.82, 2.24) is 24.2 Å². The smallest absolute Gasteiger partial charge is 0.199 e. The van der Waals surface area contributed by atoms with Gasteiger partial charge >= 0.3 is 0 Å². The first kappa shape index (κ1) is 17.6. The molecule has 7 heteroatoms. The molecule has 0 amide bonds. The summed E-state index contributed by atoms with van der Waals surface area (Å²) in [6.45, 7) is 1.31. The third-order valence-electron chi connectivity index (χ3n) is 4.61. The van der Waals surface area contributed by atoms with Crippen molar-refractivity contribution in [2.24, 2.45) is 0 Å². The number of rotatable bonds is 6. The SMILES string of the molecule is CN(Cc1cccc(C#N)c1)Cn1nc(-c2ccncc2)n(C2CC2)c1=S. The van der Waals surface area contributed by atoms with Crippen LogP contribution in [-0.4, -0.2) is 31.3 Å². The highest BCUT2D eigenvalue weighted by molar-refractivity contribution is 7.71. The van der Waals surface area contributed by atoms with Crippen molar-refractivity contribution in [2.75, 3.05) is 7.05 Å². The van der Waals surface area contributed by atoms with E-state index >= 15 is 0 Å². The molecule has 1 aliphatic carbocycles. The van der Waals surface area contributed by atoms with Crippen LogP contribution >= 0.6 is 12.2 Å². The molecule has 0 saturated heterocycles. The lowest BCUT2D eigenvalue weighted by Gasteiger charge is -2.16. The second-order valence-electron chi connectivity index (χ2n) is 6.91. The van der Waals surface area contributed by atoms with Gasteiger partial charge < -0.3 is 0 Å². The number of benzene rings is 1. The summed E-state index contributed by atoms with van der Waals surface area (Å²) in [7, 11) is 2.03. The Labute approximate surface area is 163 Å². The highest BCUT2D eigenvalue weighted by atomic mass is 32.1. The van der Waals surface area contributed by atoms with E-state index in [0.29, 0.717) is 18.3 Å². The van der Waals surface area contributed by atoms with E-state index in [0.717, 1.165) is 41.1 Å². The molecule has 0 radical (unpaired) electrons. The summed E-state index contributed by atoms with van der Waals surface area (Å²) in [5.74, 6) is 0.907. The van der Waals surface area contributed by atoms with Gasteiger partial charge in [-0.15, -0.1) is 0 Å². The highest BCUT2D eigenvalue weighted by Gasteiger charge is 2.29. The minimum Gasteiger partial charge on any atom is -0.297 e. The van der Waals surface area contributed by atoms with Crippen molar-refractivity contribution in [3.8, 4) is 17.5 Å². The second kappa shape index (κ2) is 7.43. The number of aromatic nitrogens is 4. The van der Waals surface area contributed by atoms with Gasteiger partial charge in [0.2, 0.25) is 0 Å². The average Bonchev–Trinajstić information content (AvgIpc) is 3.47. The molecule has 0 aliphatic heterocycles. The van der Waals surface area contributed by atoms with E-state index in [-0.39, 0.29) is 0 Å². The van der Waals surface area contributed by atoms with Gasteiger partial charge in [0, 0.05) is 30.5 Å². The first-order valence-electron chi connectivity index (χ1n) is 8.93.